The molecule has 0 atom stereocenters. The van der Waals surface area contributed by atoms with Crippen molar-refractivity contribution in [1.29, 1.82) is 0 Å². The number of pyridine rings is 1. The normalized spacial score (nSPS) is 12.8. The highest BCUT2D eigenvalue weighted by Crippen LogP contribution is 2.39. The first kappa shape index (κ1) is 15.3. The second-order valence-corrected chi connectivity index (χ2v) is 4.74. The molecule has 2 aromatic heterocycles. The molecule has 3 aromatic rings. The van der Waals surface area contributed by atoms with Gasteiger partial charge in [0.15, 0.2) is 5.65 Å². The maximum Gasteiger partial charge on any atom is 0.416 e. The molecule has 0 unspecified atom stereocenters. The molecule has 9 heteroatoms. The number of fused-ring (bicyclic) bond motifs is 1. The van der Waals surface area contributed by atoms with Crippen molar-refractivity contribution in [3.05, 3.63) is 54.0 Å². The molecule has 3 rings (SSSR count). The second kappa shape index (κ2) is 4.97. The summed E-state index contributed by atoms with van der Waals surface area (Å²) in [7, 11) is 0. The van der Waals surface area contributed by atoms with Gasteiger partial charge in [0, 0.05) is 11.8 Å². The molecule has 0 aliphatic carbocycles. The van der Waals surface area contributed by atoms with Crippen LogP contribution in [-0.2, 0) is 12.4 Å². The number of hydrogen-bond donors (Lipinski definition) is 0. The van der Waals surface area contributed by atoms with Gasteiger partial charge in [-0.1, -0.05) is 0 Å². The van der Waals surface area contributed by atoms with E-state index in [4.69, 9.17) is 0 Å². The third kappa shape index (κ3) is 2.86. The molecule has 0 N–H and O–H groups in total. The van der Waals surface area contributed by atoms with Crippen molar-refractivity contribution in [3.63, 3.8) is 0 Å². The first-order valence-corrected chi connectivity index (χ1v) is 6.24. The fraction of sp³-hybridized carbons (Fsp3) is 0.143. The van der Waals surface area contributed by atoms with Gasteiger partial charge in [-0.25, -0.2) is 9.50 Å². The van der Waals surface area contributed by atoms with Crippen molar-refractivity contribution in [2.75, 3.05) is 0 Å². The van der Waals surface area contributed by atoms with Crippen LogP contribution >= 0.6 is 0 Å². The number of aromatic nitrogens is 3. The predicted molar refractivity (Wildman–Crippen MR) is 68.4 cm³/mol. The average Bonchev–Trinajstić information content (AvgIpc) is 2.93. The van der Waals surface area contributed by atoms with Gasteiger partial charge < -0.3 is 0 Å². The van der Waals surface area contributed by atoms with E-state index >= 15 is 0 Å². The highest BCUT2D eigenvalue weighted by atomic mass is 19.4. The minimum absolute atomic E-state index is 0.0907. The van der Waals surface area contributed by atoms with Gasteiger partial charge in [-0.15, -0.1) is 0 Å². The van der Waals surface area contributed by atoms with E-state index in [0.717, 1.165) is 6.33 Å². The maximum absolute atomic E-state index is 12.9. The molecule has 0 saturated heterocycles. The quantitative estimate of drug-likeness (QED) is 0.617. The Balaban J connectivity index is 2.29. The van der Waals surface area contributed by atoms with Crippen molar-refractivity contribution in [2.45, 2.75) is 12.4 Å². The molecule has 0 aliphatic heterocycles. The molecule has 0 amide bonds. The van der Waals surface area contributed by atoms with E-state index in [1.165, 1.54) is 22.8 Å². The van der Waals surface area contributed by atoms with Crippen LogP contribution in [0.1, 0.15) is 11.1 Å². The number of benzene rings is 1. The van der Waals surface area contributed by atoms with Crippen LogP contribution in [0.15, 0.2) is 42.9 Å². The van der Waals surface area contributed by atoms with E-state index in [1.54, 1.807) is 0 Å². The second-order valence-electron chi connectivity index (χ2n) is 4.74. The molecule has 1 aromatic carbocycles. The lowest BCUT2D eigenvalue weighted by Crippen LogP contribution is -2.11. The standard InChI is InChI=1S/C14H7F6N3/c15-13(16,17)9-4-8(5-10(6-9)14(18,19)20)11-2-1-3-23-12(11)21-7-22-23/h1-7H. The largest absolute Gasteiger partial charge is 0.416 e. The van der Waals surface area contributed by atoms with Gasteiger partial charge in [-0.05, 0) is 35.9 Å². The Labute approximate surface area is 125 Å². The maximum atomic E-state index is 12.9. The SMILES string of the molecule is FC(F)(F)c1cc(-c2cccn3ncnc23)cc(C(F)(F)F)c1. The molecular weight excluding hydrogens is 324 g/mol. The van der Waals surface area contributed by atoms with Crippen LogP contribution in [0.3, 0.4) is 0 Å². The van der Waals surface area contributed by atoms with E-state index in [9.17, 15) is 26.3 Å². The smallest absolute Gasteiger partial charge is 0.221 e. The van der Waals surface area contributed by atoms with Gasteiger partial charge in [0.2, 0.25) is 0 Å². The molecule has 0 spiro atoms. The molecular formula is C14H7F6N3. The Morgan fingerprint density at radius 2 is 1.48 bits per heavy atom. The summed E-state index contributed by atoms with van der Waals surface area (Å²) in [6, 6.07) is 4.27. The third-order valence-electron chi connectivity index (χ3n) is 3.20. The average molecular weight is 331 g/mol. The number of hydrogen-bond acceptors (Lipinski definition) is 2. The monoisotopic (exact) mass is 331 g/mol. The first-order valence-electron chi connectivity index (χ1n) is 6.24. The molecule has 120 valence electrons. The summed E-state index contributed by atoms with van der Waals surface area (Å²) in [5.41, 5.74) is -2.68. The summed E-state index contributed by atoms with van der Waals surface area (Å²) >= 11 is 0. The van der Waals surface area contributed by atoms with Crippen LogP contribution < -0.4 is 0 Å². The van der Waals surface area contributed by atoms with Gasteiger partial charge in [-0.2, -0.15) is 31.4 Å². The van der Waals surface area contributed by atoms with Crippen LogP contribution in [0.25, 0.3) is 16.8 Å². The molecule has 0 radical (unpaired) electrons. The van der Waals surface area contributed by atoms with Crippen molar-refractivity contribution >= 4 is 5.65 Å². The fourth-order valence-electron chi connectivity index (χ4n) is 2.18. The van der Waals surface area contributed by atoms with Gasteiger partial charge >= 0.3 is 12.4 Å². The zero-order chi connectivity index (χ0) is 16.8. The molecule has 2 heterocycles. The molecule has 3 nitrogen and oxygen atoms in total. The lowest BCUT2D eigenvalue weighted by molar-refractivity contribution is -0.143. The van der Waals surface area contributed by atoms with Gasteiger partial charge in [0.25, 0.3) is 0 Å². The number of rotatable bonds is 1. The minimum Gasteiger partial charge on any atom is -0.221 e. The summed E-state index contributed by atoms with van der Waals surface area (Å²) in [5, 5.41) is 3.81. The van der Waals surface area contributed by atoms with E-state index in [2.05, 4.69) is 10.1 Å². The predicted octanol–water partition coefficient (Wildman–Crippen LogP) is 4.43. The van der Waals surface area contributed by atoms with Crippen molar-refractivity contribution in [2.24, 2.45) is 0 Å². The fourth-order valence-corrected chi connectivity index (χ4v) is 2.18. The minimum atomic E-state index is -4.89. The van der Waals surface area contributed by atoms with E-state index in [-0.39, 0.29) is 22.8 Å². The Bertz CT molecular complexity index is 831. The summed E-state index contributed by atoms with van der Waals surface area (Å²) in [6.07, 6.45) is -7.13. The summed E-state index contributed by atoms with van der Waals surface area (Å²) in [4.78, 5) is 3.87. The number of halogens is 6. The van der Waals surface area contributed by atoms with Crippen LogP contribution in [-0.4, -0.2) is 14.6 Å². The summed E-state index contributed by atoms with van der Waals surface area (Å²) in [6.45, 7) is 0. The molecule has 0 aliphatic rings. The van der Waals surface area contributed by atoms with Crippen LogP contribution in [0.5, 0.6) is 0 Å². The van der Waals surface area contributed by atoms with Crippen LogP contribution in [0.4, 0.5) is 26.3 Å². The molecule has 0 bridgehead atoms. The van der Waals surface area contributed by atoms with Gasteiger partial charge in [0.05, 0.1) is 11.1 Å². The zero-order valence-corrected chi connectivity index (χ0v) is 11.2. The van der Waals surface area contributed by atoms with E-state index in [0.29, 0.717) is 12.1 Å². The lowest BCUT2D eigenvalue weighted by Gasteiger charge is -2.14. The summed E-state index contributed by atoms with van der Waals surface area (Å²) < 4.78 is 78.7. The number of alkyl halides is 6. The van der Waals surface area contributed by atoms with Gasteiger partial charge in [0.1, 0.15) is 6.33 Å². The molecule has 0 fully saturated rings. The Morgan fingerprint density at radius 3 is 2.04 bits per heavy atom. The van der Waals surface area contributed by atoms with Gasteiger partial charge in [-0.3, -0.25) is 0 Å². The highest BCUT2D eigenvalue weighted by Gasteiger charge is 2.37. The Hall–Kier alpha value is -2.58. The van der Waals surface area contributed by atoms with Crippen molar-refractivity contribution in [1.82, 2.24) is 14.6 Å². The van der Waals surface area contributed by atoms with Crippen molar-refractivity contribution < 1.29 is 26.3 Å². The first-order chi connectivity index (χ1) is 10.7. The third-order valence-corrected chi connectivity index (χ3v) is 3.20. The highest BCUT2D eigenvalue weighted by molar-refractivity contribution is 5.78. The topological polar surface area (TPSA) is 30.2 Å². The lowest BCUT2D eigenvalue weighted by atomic mass is 10.00. The summed E-state index contributed by atoms with van der Waals surface area (Å²) in [5.74, 6) is 0. The Kier molecular flexibility index (Phi) is 3.31. The van der Waals surface area contributed by atoms with Crippen molar-refractivity contribution in [3.8, 4) is 11.1 Å². The number of nitrogens with zero attached hydrogens (tertiary/aromatic N) is 3. The van der Waals surface area contributed by atoms with Crippen LogP contribution in [0.2, 0.25) is 0 Å². The van der Waals surface area contributed by atoms with E-state index in [1.807, 2.05) is 0 Å². The molecule has 23 heavy (non-hydrogen) atoms. The van der Waals surface area contributed by atoms with Crippen LogP contribution in [0, 0.1) is 0 Å². The van der Waals surface area contributed by atoms with E-state index < -0.39 is 23.5 Å². The zero-order valence-electron chi connectivity index (χ0n) is 11.2. The molecule has 0 saturated carbocycles. The Morgan fingerprint density at radius 1 is 0.870 bits per heavy atom.